The summed E-state index contributed by atoms with van der Waals surface area (Å²) in [5, 5.41) is 11.8. The summed E-state index contributed by atoms with van der Waals surface area (Å²) in [7, 11) is 0. The van der Waals surface area contributed by atoms with E-state index >= 15 is 0 Å². The van der Waals surface area contributed by atoms with E-state index in [0.717, 1.165) is 5.56 Å². The number of aliphatic hydroxyl groups excluding tert-OH is 1. The molecular formula is C13H14N2O3. The third-order valence-corrected chi connectivity index (χ3v) is 3.55. The summed E-state index contributed by atoms with van der Waals surface area (Å²) < 4.78 is 0. The van der Waals surface area contributed by atoms with E-state index in [1.165, 1.54) is 0 Å². The Kier molecular flexibility index (Phi) is 2.56. The largest absolute Gasteiger partial charge is 0.374 e. The number of fused-ring (bicyclic) bond motifs is 1. The number of hydrogen-bond donors (Lipinski definition) is 2. The maximum atomic E-state index is 12.2. The van der Waals surface area contributed by atoms with Gasteiger partial charge < -0.3 is 15.3 Å². The average Bonchev–Trinajstić information content (AvgIpc) is 2.68. The highest BCUT2D eigenvalue weighted by atomic mass is 16.3. The van der Waals surface area contributed by atoms with Gasteiger partial charge in [-0.15, -0.1) is 0 Å². The number of carbonyl (C=O) groups excluding carboxylic acids is 2. The van der Waals surface area contributed by atoms with E-state index in [-0.39, 0.29) is 11.8 Å². The fraction of sp³-hybridized carbons (Fsp3) is 0.385. The molecule has 1 saturated heterocycles. The smallest absolute Gasteiger partial charge is 0.255 e. The Morgan fingerprint density at radius 3 is 2.72 bits per heavy atom. The van der Waals surface area contributed by atoms with Crippen molar-refractivity contribution in [1.29, 1.82) is 0 Å². The number of benzene rings is 1. The van der Waals surface area contributed by atoms with Crippen LogP contribution in [0.5, 0.6) is 0 Å². The topological polar surface area (TPSA) is 69.6 Å². The number of piperidine rings is 1. The molecule has 1 fully saturated rings. The van der Waals surface area contributed by atoms with E-state index in [1.807, 2.05) is 18.2 Å². The number of amides is 2. The van der Waals surface area contributed by atoms with Crippen LogP contribution >= 0.6 is 0 Å². The second-order valence-electron chi connectivity index (χ2n) is 4.71. The van der Waals surface area contributed by atoms with Crippen LogP contribution in [0.25, 0.3) is 0 Å². The van der Waals surface area contributed by atoms with Crippen molar-refractivity contribution >= 4 is 11.8 Å². The SMILES string of the molecule is O=C1N[C@H](O)CC[C@@H]1N1Cc2ccccc2C1=O. The molecule has 2 N–H and O–H groups in total. The van der Waals surface area contributed by atoms with Gasteiger partial charge in [0.15, 0.2) is 0 Å². The van der Waals surface area contributed by atoms with Gasteiger partial charge in [0.25, 0.3) is 5.91 Å². The second kappa shape index (κ2) is 4.10. The average molecular weight is 246 g/mol. The van der Waals surface area contributed by atoms with E-state index in [9.17, 15) is 14.7 Å². The zero-order chi connectivity index (χ0) is 12.7. The van der Waals surface area contributed by atoms with Gasteiger partial charge in [-0.05, 0) is 24.5 Å². The summed E-state index contributed by atoms with van der Waals surface area (Å²) in [6, 6.07) is 6.94. The molecule has 0 saturated carbocycles. The van der Waals surface area contributed by atoms with Gasteiger partial charge in [-0.3, -0.25) is 9.59 Å². The highest BCUT2D eigenvalue weighted by molar-refractivity contribution is 6.01. The number of aliphatic hydroxyl groups is 1. The normalized spacial score (nSPS) is 27.1. The molecule has 0 aromatic heterocycles. The number of nitrogens with zero attached hydrogens (tertiary/aromatic N) is 1. The molecule has 18 heavy (non-hydrogen) atoms. The molecule has 2 aliphatic rings. The van der Waals surface area contributed by atoms with Crippen molar-refractivity contribution < 1.29 is 14.7 Å². The van der Waals surface area contributed by atoms with Gasteiger partial charge in [-0.2, -0.15) is 0 Å². The van der Waals surface area contributed by atoms with Crippen LogP contribution in [-0.4, -0.2) is 34.1 Å². The predicted octanol–water partition coefficient (Wildman–Crippen LogP) is 0.239. The molecule has 1 aromatic carbocycles. The van der Waals surface area contributed by atoms with Crippen molar-refractivity contribution in [3.05, 3.63) is 35.4 Å². The standard InChI is InChI=1S/C13H14N2O3/c16-11-6-5-10(12(17)14-11)15-7-8-3-1-2-4-9(8)13(15)18/h1-4,10-11,16H,5-7H2,(H,14,17)/t10-,11+/m0/s1. The summed E-state index contributed by atoms with van der Waals surface area (Å²) in [6.07, 6.45) is 0.206. The van der Waals surface area contributed by atoms with Crippen molar-refractivity contribution in [3.8, 4) is 0 Å². The van der Waals surface area contributed by atoms with Gasteiger partial charge in [-0.25, -0.2) is 0 Å². The lowest BCUT2D eigenvalue weighted by molar-refractivity contribution is -0.132. The van der Waals surface area contributed by atoms with Gasteiger partial charge >= 0.3 is 0 Å². The summed E-state index contributed by atoms with van der Waals surface area (Å²) >= 11 is 0. The molecule has 0 unspecified atom stereocenters. The van der Waals surface area contributed by atoms with E-state index in [1.54, 1.807) is 11.0 Å². The Hall–Kier alpha value is -1.88. The number of nitrogens with one attached hydrogen (secondary N) is 1. The Morgan fingerprint density at radius 2 is 2.00 bits per heavy atom. The van der Waals surface area contributed by atoms with Crippen LogP contribution in [0.3, 0.4) is 0 Å². The van der Waals surface area contributed by atoms with E-state index in [0.29, 0.717) is 24.9 Å². The first-order chi connectivity index (χ1) is 8.66. The lowest BCUT2D eigenvalue weighted by Crippen LogP contribution is -2.54. The molecular weight excluding hydrogens is 232 g/mol. The number of carbonyl (C=O) groups is 2. The van der Waals surface area contributed by atoms with Crippen LogP contribution in [0, 0.1) is 0 Å². The molecule has 5 heteroatoms. The minimum Gasteiger partial charge on any atom is -0.374 e. The minimum atomic E-state index is -0.783. The minimum absolute atomic E-state index is 0.0952. The van der Waals surface area contributed by atoms with Crippen LogP contribution in [0.4, 0.5) is 0 Å². The zero-order valence-electron chi connectivity index (χ0n) is 9.80. The van der Waals surface area contributed by atoms with Crippen LogP contribution < -0.4 is 5.32 Å². The fourth-order valence-corrected chi connectivity index (χ4v) is 2.61. The van der Waals surface area contributed by atoms with Gasteiger partial charge in [0.1, 0.15) is 12.3 Å². The molecule has 0 bridgehead atoms. The Labute approximate surface area is 104 Å². The Bertz CT molecular complexity index is 515. The summed E-state index contributed by atoms with van der Waals surface area (Å²) in [6.45, 7) is 0.475. The molecule has 0 aliphatic carbocycles. The molecule has 1 aromatic rings. The summed E-state index contributed by atoms with van der Waals surface area (Å²) in [4.78, 5) is 25.6. The quantitative estimate of drug-likeness (QED) is 0.745. The van der Waals surface area contributed by atoms with Gasteiger partial charge in [-0.1, -0.05) is 18.2 Å². The Morgan fingerprint density at radius 1 is 1.22 bits per heavy atom. The van der Waals surface area contributed by atoms with Crippen molar-refractivity contribution in [2.45, 2.75) is 31.7 Å². The fourth-order valence-electron chi connectivity index (χ4n) is 2.61. The predicted molar refractivity (Wildman–Crippen MR) is 63.5 cm³/mol. The first-order valence-electron chi connectivity index (χ1n) is 6.04. The third-order valence-electron chi connectivity index (χ3n) is 3.55. The molecule has 2 aliphatic heterocycles. The second-order valence-corrected chi connectivity index (χ2v) is 4.71. The molecule has 2 atom stereocenters. The summed E-state index contributed by atoms with van der Waals surface area (Å²) in [5.74, 6) is -0.364. The number of hydrogen-bond acceptors (Lipinski definition) is 3. The zero-order valence-corrected chi connectivity index (χ0v) is 9.80. The highest BCUT2D eigenvalue weighted by Crippen LogP contribution is 2.27. The molecule has 2 heterocycles. The lowest BCUT2D eigenvalue weighted by atomic mass is 10.0. The molecule has 0 radical (unpaired) electrons. The van der Waals surface area contributed by atoms with Gasteiger partial charge in [0.2, 0.25) is 5.91 Å². The molecule has 3 rings (SSSR count). The van der Waals surface area contributed by atoms with Crippen LogP contribution in [-0.2, 0) is 11.3 Å². The maximum absolute atomic E-state index is 12.2. The van der Waals surface area contributed by atoms with Crippen molar-refractivity contribution in [2.24, 2.45) is 0 Å². The lowest BCUT2D eigenvalue weighted by Gasteiger charge is -2.32. The van der Waals surface area contributed by atoms with Crippen LogP contribution in [0.15, 0.2) is 24.3 Å². The number of rotatable bonds is 1. The van der Waals surface area contributed by atoms with E-state index < -0.39 is 12.3 Å². The maximum Gasteiger partial charge on any atom is 0.255 e. The van der Waals surface area contributed by atoms with Crippen molar-refractivity contribution in [3.63, 3.8) is 0 Å². The van der Waals surface area contributed by atoms with Gasteiger partial charge in [0.05, 0.1) is 0 Å². The molecule has 2 amide bonds. The first-order valence-corrected chi connectivity index (χ1v) is 6.04. The molecule has 94 valence electrons. The van der Waals surface area contributed by atoms with Crippen molar-refractivity contribution in [1.82, 2.24) is 10.2 Å². The monoisotopic (exact) mass is 246 g/mol. The molecule has 0 spiro atoms. The summed E-state index contributed by atoms with van der Waals surface area (Å²) in [5.41, 5.74) is 1.64. The van der Waals surface area contributed by atoms with Crippen LogP contribution in [0.2, 0.25) is 0 Å². The highest BCUT2D eigenvalue weighted by Gasteiger charge is 2.38. The van der Waals surface area contributed by atoms with Crippen molar-refractivity contribution in [2.75, 3.05) is 0 Å². The van der Waals surface area contributed by atoms with E-state index in [4.69, 9.17) is 0 Å². The molecule has 5 nitrogen and oxygen atoms in total. The first kappa shape index (κ1) is 11.2. The van der Waals surface area contributed by atoms with E-state index in [2.05, 4.69) is 5.32 Å². The van der Waals surface area contributed by atoms with Gasteiger partial charge in [0, 0.05) is 12.1 Å². The van der Waals surface area contributed by atoms with Crippen LogP contribution in [0.1, 0.15) is 28.8 Å². The third kappa shape index (κ3) is 1.67. The Balaban J connectivity index is 1.84.